The zero-order valence-electron chi connectivity index (χ0n) is 82.3. The van der Waals surface area contributed by atoms with Crippen LogP contribution in [0.1, 0.15) is 35.1 Å². The van der Waals surface area contributed by atoms with Crippen LogP contribution in [0.25, 0.3) is 189 Å². The van der Waals surface area contributed by atoms with Crippen molar-refractivity contribution in [2.75, 3.05) is 19.6 Å². The summed E-state index contributed by atoms with van der Waals surface area (Å²) in [5.74, 6) is 0. The molecule has 0 aliphatic carbocycles. The molecule has 0 atom stereocenters. The van der Waals surface area contributed by atoms with Crippen LogP contribution >= 0.6 is 15.9 Å². The monoisotopic (exact) mass is 2000 g/mol. The summed E-state index contributed by atoms with van der Waals surface area (Å²) >= 11 is 3.73. The highest BCUT2D eigenvalue weighted by molar-refractivity contribution is 9.10. The molecule has 5 aliphatic heterocycles. The molecule has 0 unspecified atom stereocenters. The molecular formula is C139H101BBrFN4O4. The van der Waals surface area contributed by atoms with E-state index in [4.69, 9.17) is 18.1 Å². The summed E-state index contributed by atoms with van der Waals surface area (Å²) in [6.07, 6.45) is 0. The maximum Gasteiger partial charge on any atom is 0.494 e. The molecule has 2 aromatic heterocycles. The van der Waals surface area contributed by atoms with E-state index in [0.717, 1.165) is 161 Å². The number of benzene rings is 22. The molecule has 8 nitrogen and oxygen atoms in total. The molecule has 0 amide bonds. The van der Waals surface area contributed by atoms with Crippen molar-refractivity contribution >= 4 is 141 Å². The van der Waals surface area contributed by atoms with Crippen LogP contribution in [0.2, 0.25) is 0 Å². The van der Waals surface area contributed by atoms with Crippen LogP contribution in [-0.2, 0) is 9.31 Å². The molecule has 0 spiro atoms. The maximum absolute atomic E-state index is 6.56. The number of rotatable bonds is 10. The first kappa shape index (κ1) is 93.1. The molecule has 1 saturated heterocycles. The molecule has 718 valence electrons. The highest BCUT2D eigenvalue weighted by Gasteiger charge is 2.52. The van der Waals surface area contributed by atoms with Crippen LogP contribution in [0.3, 0.4) is 0 Å². The molecule has 11 heteroatoms. The van der Waals surface area contributed by atoms with E-state index in [2.05, 4.69) is 555 Å². The van der Waals surface area contributed by atoms with Gasteiger partial charge in [0.1, 0.15) is 22.3 Å². The lowest BCUT2D eigenvalue weighted by Crippen LogP contribution is -2.41. The Balaban J connectivity index is 0.000000123. The minimum atomic E-state index is -0.428. The van der Waals surface area contributed by atoms with Crippen molar-refractivity contribution in [2.45, 2.75) is 46.3 Å². The predicted octanol–water partition coefficient (Wildman–Crippen LogP) is 39.5. The fourth-order valence-corrected chi connectivity index (χ4v) is 23.1. The van der Waals surface area contributed by atoms with Crippen molar-refractivity contribution in [3.63, 3.8) is 0 Å². The summed E-state index contributed by atoms with van der Waals surface area (Å²) in [6.45, 7) is 8.40. The average molecular weight is 2000 g/mol. The lowest BCUT2D eigenvalue weighted by molar-refractivity contribution is 0.00578. The quantitative estimate of drug-likeness (QED) is 0.126. The van der Waals surface area contributed by atoms with Gasteiger partial charge in [0.2, 0.25) is 0 Å². The number of anilines is 12. The second kappa shape index (κ2) is 38.1. The largest absolute Gasteiger partial charge is 0.494 e. The number of hydrogen-bond donors (Lipinski definition) is 0. The minimum Gasteiger partial charge on any atom is -0.455 e. The van der Waals surface area contributed by atoms with E-state index in [1.54, 1.807) is 0 Å². The smallest absolute Gasteiger partial charge is 0.455 e. The van der Waals surface area contributed by atoms with Crippen LogP contribution in [0, 0.1) is 0 Å². The van der Waals surface area contributed by atoms with Crippen molar-refractivity contribution in [1.29, 1.82) is 0 Å². The van der Waals surface area contributed by atoms with E-state index in [1.807, 2.05) is 18.2 Å². The zero-order valence-corrected chi connectivity index (χ0v) is 83.9. The summed E-state index contributed by atoms with van der Waals surface area (Å²) < 4.78 is 26.9. The Labute approximate surface area is 881 Å². The molecule has 24 aromatic rings. The van der Waals surface area contributed by atoms with Crippen molar-refractivity contribution in [1.82, 2.24) is 0 Å². The average Bonchev–Trinajstić information content (AvgIpc) is 1.28. The Kier molecular flexibility index (Phi) is 23.7. The van der Waals surface area contributed by atoms with Crippen molar-refractivity contribution in [3.8, 4) is 145 Å². The number of furan rings is 2. The van der Waals surface area contributed by atoms with E-state index in [9.17, 15) is 0 Å². The molecular weight excluding hydrogens is 1900 g/mol. The number of nitrogens with zero attached hydrogens (tertiary/aromatic N) is 4. The number of hydrogen-bond acceptors (Lipinski definition) is 8. The minimum absolute atomic E-state index is 0. The highest BCUT2D eigenvalue weighted by atomic mass is 79.9. The van der Waals surface area contributed by atoms with Crippen molar-refractivity contribution in [3.05, 3.63) is 514 Å². The maximum atomic E-state index is 6.56. The van der Waals surface area contributed by atoms with E-state index in [0.29, 0.717) is 0 Å². The Morgan fingerprint density at radius 1 is 0.193 bits per heavy atom. The third kappa shape index (κ3) is 16.1. The second-order valence-corrected chi connectivity index (χ2v) is 40.5. The van der Waals surface area contributed by atoms with Gasteiger partial charge in [-0.3, -0.25) is 4.70 Å². The van der Waals surface area contributed by atoms with Gasteiger partial charge < -0.3 is 37.7 Å². The Morgan fingerprint density at radius 3 is 0.807 bits per heavy atom. The van der Waals surface area contributed by atoms with Gasteiger partial charge in [-0.25, -0.2) is 0 Å². The summed E-state index contributed by atoms with van der Waals surface area (Å²) in [6, 6.07) is 184. The number of fused-ring (bicyclic) bond motifs is 26. The van der Waals surface area contributed by atoms with Crippen LogP contribution in [-0.4, -0.2) is 18.3 Å². The topological polar surface area (TPSA) is 57.7 Å². The van der Waals surface area contributed by atoms with Gasteiger partial charge in [0.15, 0.2) is 0 Å². The fraction of sp³-hybridized carbons (Fsp3) is 0.0504. The molecule has 22 aromatic carbocycles. The summed E-state index contributed by atoms with van der Waals surface area (Å²) in [5.41, 5.74) is 48.1. The van der Waals surface area contributed by atoms with Gasteiger partial charge in [-0.2, -0.15) is 0 Å². The van der Waals surface area contributed by atoms with Gasteiger partial charge in [0, 0.05) is 104 Å². The Bertz CT molecular complexity index is 9400. The van der Waals surface area contributed by atoms with E-state index in [1.165, 1.54) is 106 Å². The molecule has 5 aliphatic rings. The highest BCUT2D eigenvalue weighted by Crippen LogP contribution is 2.59. The van der Waals surface area contributed by atoms with Gasteiger partial charge in [-0.1, -0.05) is 399 Å². The van der Waals surface area contributed by atoms with Gasteiger partial charge >= 0.3 is 7.12 Å². The molecule has 0 bridgehead atoms. The number of halogens is 2. The zero-order chi connectivity index (χ0) is 98.8. The molecule has 7 heterocycles. The lowest BCUT2D eigenvalue weighted by Gasteiger charge is -2.32. The Morgan fingerprint density at radius 2 is 0.440 bits per heavy atom. The number of para-hydroxylation sites is 8. The first-order valence-corrected chi connectivity index (χ1v) is 51.5. The van der Waals surface area contributed by atoms with Gasteiger partial charge in [0.05, 0.1) is 56.7 Å². The van der Waals surface area contributed by atoms with Crippen molar-refractivity contribution in [2.24, 2.45) is 0 Å². The molecule has 0 N–H and O–H groups in total. The third-order valence-corrected chi connectivity index (χ3v) is 31.0. The van der Waals surface area contributed by atoms with E-state index < -0.39 is 18.3 Å². The lowest BCUT2D eigenvalue weighted by atomic mass is 9.77. The molecule has 0 saturated carbocycles. The fourth-order valence-electron chi connectivity index (χ4n) is 22.8. The van der Waals surface area contributed by atoms with Crippen molar-refractivity contribution < 1.29 is 22.8 Å². The molecule has 150 heavy (non-hydrogen) atoms. The van der Waals surface area contributed by atoms with Crippen LogP contribution in [0.5, 0.6) is 0 Å². The summed E-state index contributed by atoms with van der Waals surface area (Å²) in [7, 11) is -0.428. The van der Waals surface area contributed by atoms with Gasteiger partial charge in [-0.15, -0.1) is 0 Å². The van der Waals surface area contributed by atoms with E-state index in [-0.39, 0.29) is 12.1 Å². The predicted molar refractivity (Wildman–Crippen MR) is 630 cm³/mol. The SMILES string of the molecule is Brc1ccc2c(c1)-c1ccccc1-c1ccccc1N2c1cccc(-c2cccc3c2oc2ccccc23)c1.C.CC1(C)OB(c2ccc3c(c2)-c2ccccc2-c2ccccc2N3c2cccc(-c3ccccc3)c2)OC1(C)C.F.c1ccc(-c2cccc(N3c4ccccc4-c4ccccc4-c4cc(-c5ccc6c(c5)-c5ccccc5-c5ccccc5N6c5cccc(-c6cccc7c6oc6ccccc67)c5)ccc43)c2)cc1. The normalized spacial score (nSPS) is 13.2. The standard InChI is InChI=1S/C66H42N2O.C36H32BNO2.C36H22BrNO.CH4.FH/c1-2-17-43(18-3-1)44-19-14-21-48(39-44)67-61-32-11-8-27-55(61)51-23-4-6-25-53(51)59-41-45(35-37-63(59)67)46-36-38-64-60(42-46)54-26-7-5-24-52(54)56-28-9-12-33-62(56)68(64)49-22-15-20-47(40-49)50-30-16-31-58-57-29-10-13-34-65(57)69-66(50)58;1-35(2)36(3,4)40-37(39-35)27-21-22-34-32(24-27)30-18-9-8-17-29(30)31-19-10-11-20-33(31)38(34)28-16-12-15-26(23-28)25-13-6-5-7-14-25;37-24-19-20-34-32(22-24)28-12-2-1-11-27(28)29-13-3-5-17-33(29)38(34)25-10-7-9-23(21-25)26-15-8-16-31-30-14-4-6-18-35(30)39-36(26)31;;/h1-42H;5-24H,1-4H3;1-22H;1H4;1H. The summed E-state index contributed by atoms with van der Waals surface area (Å²) in [5, 5.41) is 4.53. The molecule has 29 rings (SSSR count). The van der Waals surface area contributed by atoms with Crippen LogP contribution in [0.15, 0.2) is 523 Å². The van der Waals surface area contributed by atoms with Crippen LogP contribution in [0.4, 0.5) is 73.0 Å². The van der Waals surface area contributed by atoms with E-state index >= 15 is 0 Å². The first-order chi connectivity index (χ1) is 72.8. The Hall–Kier alpha value is -18.0. The van der Waals surface area contributed by atoms with Crippen LogP contribution < -0.4 is 25.1 Å². The third-order valence-electron chi connectivity index (χ3n) is 30.5. The first-order valence-electron chi connectivity index (χ1n) is 50.7. The molecule has 1 fully saturated rings. The summed E-state index contributed by atoms with van der Waals surface area (Å²) in [4.78, 5) is 9.68. The second-order valence-electron chi connectivity index (χ2n) is 39.6. The van der Waals surface area contributed by atoms with Gasteiger partial charge in [0.25, 0.3) is 0 Å². The van der Waals surface area contributed by atoms with Gasteiger partial charge in [-0.05, 0) is 256 Å². The molecule has 0 radical (unpaired) electrons.